The fraction of sp³-hybridized carbons (Fsp3) is 0.323. The van der Waals surface area contributed by atoms with Gasteiger partial charge in [-0.2, -0.15) is 0 Å². The van der Waals surface area contributed by atoms with Crippen LogP contribution in [0.25, 0.3) is 22.6 Å². The molecule has 4 N–H and O–H groups in total. The van der Waals surface area contributed by atoms with Gasteiger partial charge >= 0.3 is 0 Å². The van der Waals surface area contributed by atoms with Crippen molar-refractivity contribution in [1.29, 1.82) is 5.41 Å². The number of aliphatic hydroxyl groups excluding tert-OH is 1. The minimum atomic E-state index is -1.07. The molecule has 2 atom stereocenters. The van der Waals surface area contributed by atoms with Gasteiger partial charge in [0.25, 0.3) is 0 Å². The first-order chi connectivity index (χ1) is 20.1. The van der Waals surface area contributed by atoms with Crippen LogP contribution in [0.5, 0.6) is 0 Å². The van der Waals surface area contributed by atoms with Crippen LogP contribution in [-0.4, -0.2) is 55.9 Å². The Morgan fingerprint density at radius 3 is 2.48 bits per heavy atom. The average Bonchev–Trinajstić information content (AvgIpc) is 3.43. The molecule has 0 saturated carbocycles. The second-order valence-corrected chi connectivity index (χ2v) is 10.8. The third-order valence-electron chi connectivity index (χ3n) is 7.05. The number of hydrogen-bond acceptors (Lipinski definition) is 9. The summed E-state index contributed by atoms with van der Waals surface area (Å²) in [5, 5.41) is 21.0. The molecule has 0 bridgehead atoms. The van der Waals surface area contributed by atoms with Crippen LogP contribution < -0.4 is 5.32 Å². The van der Waals surface area contributed by atoms with Gasteiger partial charge in [0, 0.05) is 18.2 Å². The number of H-pyrrole nitrogens is 1. The number of carbonyl (C=O) groups is 1. The number of rotatable bonds is 10. The zero-order valence-electron chi connectivity index (χ0n) is 23.6. The first kappa shape index (κ1) is 29.2. The summed E-state index contributed by atoms with van der Waals surface area (Å²) in [6, 6.07) is 17.6. The number of anilines is 1. The van der Waals surface area contributed by atoms with Crippen molar-refractivity contribution in [3.63, 3.8) is 0 Å². The molecule has 0 spiro atoms. The predicted octanol–water partition coefficient (Wildman–Crippen LogP) is 5.26. The van der Waals surface area contributed by atoms with Gasteiger partial charge < -0.3 is 30.3 Å². The topological polar surface area (TPSA) is 146 Å². The zero-order chi connectivity index (χ0) is 29.9. The summed E-state index contributed by atoms with van der Waals surface area (Å²) >= 11 is 0. The van der Waals surface area contributed by atoms with Crippen LogP contribution >= 0.6 is 0 Å². The van der Waals surface area contributed by atoms with Crippen molar-refractivity contribution in [2.75, 3.05) is 18.5 Å². The summed E-state index contributed by atoms with van der Waals surface area (Å²) in [6.45, 7) is 5.22. The van der Waals surface area contributed by atoms with Gasteiger partial charge in [-0.1, -0.05) is 30.3 Å². The fourth-order valence-electron chi connectivity index (χ4n) is 4.74. The highest BCUT2D eigenvalue weighted by Gasteiger charge is 2.42. The second kappa shape index (κ2) is 12.3. The molecule has 1 aliphatic heterocycles. The van der Waals surface area contributed by atoms with Gasteiger partial charge in [0.05, 0.1) is 53.6 Å². The van der Waals surface area contributed by atoms with E-state index in [0.29, 0.717) is 34.4 Å². The number of ether oxygens (including phenoxy) is 2. The van der Waals surface area contributed by atoms with Crippen LogP contribution in [0.4, 0.5) is 10.3 Å². The van der Waals surface area contributed by atoms with Crippen molar-refractivity contribution in [2.45, 2.75) is 45.6 Å². The zero-order valence-corrected chi connectivity index (χ0v) is 23.6. The number of benzene rings is 2. The number of nitrogens with zero attached hydrogens (tertiary/aromatic N) is 3. The summed E-state index contributed by atoms with van der Waals surface area (Å²) in [5.41, 5.74) is 2.12. The van der Waals surface area contributed by atoms with E-state index in [2.05, 4.69) is 15.3 Å². The molecule has 0 amide bonds. The van der Waals surface area contributed by atoms with Crippen LogP contribution in [-0.2, 0) is 14.3 Å². The van der Waals surface area contributed by atoms with Gasteiger partial charge in [-0.3, -0.25) is 4.79 Å². The Balaban J connectivity index is 1.41. The number of nitrogens with one attached hydrogen (secondary N) is 3. The van der Waals surface area contributed by atoms with Crippen LogP contribution in [0.15, 0.2) is 66.9 Å². The van der Waals surface area contributed by atoms with E-state index in [-0.39, 0.29) is 37.2 Å². The molecule has 10 nitrogen and oxygen atoms in total. The number of aromatic nitrogens is 4. The van der Waals surface area contributed by atoms with E-state index in [9.17, 15) is 14.3 Å². The maximum absolute atomic E-state index is 13.7. The van der Waals surface area contributed by atoms with E-state index in [4.69, 9.17) is 24.9 Å². The smallest absolute Gasteiger partial charge is 0.223 e. The Bertz CT molecular complexity index is 1550. The molecule has 0 aliphatic carbocycles. The van der Waals surface area contributed by atoms with E-state index in [1.165, 1.54) is 19.1 Å². The molecule has 2 unspecified atom stereocenters. The lowest BCUT2D eigenvalue weighted by molar-refractivity contribution is -0.228. The standard InChI is InChI=1S/C31H33FN6O4/c1-18(39)15-23(33)27(40)31(3)16-41-29(42-17-31)28-37-25(21-9-11-22(32)12-10-21)26(38-28)24-13-14-34-30(36-24)35-19(2)20-7-5-4-6-8-20/h4-14,18-19,29,33,39H,15-17H2,1-3H3,(H,37,38)(H,34,35,36). The number of carbonyl (C=O) groups excluding carboxylic acids is 1. The summed E-state index contributed by atoms with van der Waals surface area (Å²) < 4.78 is 25.6. The van der Waals surface area contributed by atoms with Crippen LogP contribution in [0.3, 0.4) is 0 Å². The minimum absolute atomic E-state index is 0.000443. The Morgan fingerprint density at radius 2 is 1.81 bits per heavy atom. The van der Waals surface area contributed by atoms with Gasteiger partial charge in [0.2, 0.25) is 12.2 Å². The Labute approximate surface area is 242 Å². The molecule has 3 heterocycles. The number of hydrogen-bond donors (Lipinski definition) is 4. The third kappa shape index (κ3) is 6.43. The van der Waals surface area contributed by atoms with Gasteiger partial charge in [-0.15, -0.1) is 0 Å². The lowest BCUT2D eigenvalue weighted by Gasteiger charge is -2.35. The quantitative estimate of drug-likeness (QED) is 0.188. The molecule has 1 fully saturated rings. The lowest BCUT2D eigenvalue weighted by atomic mass is 9.83. The van der Waals surface area contributed by atoms with Crippen molar-refractivity contribution in [2.24, 2.45) is 5.41 Å². The highest BCUT2D eigenvalue weighted by Crippen LogP contribution is 2.36. The molecular weight excluding hydrogens is 539 g/mol. The Hall–Kier alpha value is -4.32. The third-order valence-corrected chi connectivity index (χ3v) is 7.05. The molecule has 11 heteroatoms. The van der Waals surface area contributed by atoms with E-state index < -0.39 is 23.6 Å². The van der Waals surface area contributed by atoms with Crippen molar-refractivity contribution in [3.05, 3.63) is 84.1 Å². The normalized spacial score (nSPS) is 20.1. The fourth-order valence-corrected chi connectivity index (χ4v) is 4.74. The number of imidazole rings is 1. The molecule has 1 saturated heterocycles. The van der Waals surface area contributed by atoms with E-state index >= 15 is 0 Å². The molecule has 218 valence electrons. The largest absolute Gasteiger partial charge is 0.393 e. The van der Waals surface area contributed by atoms with Gasteiger partial charge in [0.1, 0.15) is 5.82 Å². The van der Waals surface area contributed by atoms with E-state index in [1.54, 1.807) is 31.3 Å². The van der Waals surface area contributed by atoms with Crippen molar-refractivity contribution in [3.8, 4) is 22.6 Å². The number of halogens is 1. The highest BCUT2D eigenvalue weighted by molar-refractivity contribution is 6.40. The molecule has 1 aliphatic rings. The lowest BCUT2D eigenvalue weighted by Crippen LogP contribution is -2.46. The summed E-state index contributed by atoms with van der Waals surface area (Å²) in [6.07, 6.45) is -0.110. The van der Waals surface area contributed by atoms with Crippen LogP contribution in [0.2, 0.25) is 0 Å². The minimum Gasteiger partial charge on any atom is -0.393 e. The number of aliphatic hydroxyl groups is 1. The van der Waals surface area contributed by atoms with Crippen molar-refractivity contribution < 1.29 is 23.8 Å². The molecule has 2 aromatic heterocycles. The SMILES string of the molecule is CC(O)CC(=N)C(=O)C1(C)COC(c2nc(-c3ccc(F)cc3)c(-c3ccnc(NC(C)c4ccccc4)n3)[nH]2)OC1. The Kier molecular flexibility index (Phi) is 8.53. The summed E-state index contributed by atoms with van der Waals surface area (Å²) in [7, 11) is 0. The summed E-state index contributed by atoms with van der Waals surface area (Å²) in [4.78, 5) is 30.0. The van der Waals surface area contributed by atoms with Gasteiger partial charge in [-0.05, 0) is 56.7 Å². The molecular formula is C31H33FN6O4. The number of ketones is 1. The van der Waals surface area contributed by atoms with E-state index in [1.807, 2.05) is 37.3 Å². The van der Waals surface area contributed by atoms with Crippen LogP contribution in [0, 0.1) is 16.6 Å². The highest BCUT2D eigenvalue weighted by atomic mass is 19.1. The first-order valence-corrected chi connectivity index (χ1v) is 13.7. The van der Waals surface area contributed by atoms with Crippen LogP contribution in [0.1, 0.15) is 50.9 Å². The van der Waals surface area contributed by atoms with Crippen molar-refractivity contribution >= 4 is 17.4 Å². The molecule has 5 rings (SSSR count). The monoisotopic (exact) mass is 572 g/mol. The molecule has 2 aromatic carbocycles. The number of aromatic amines is 1. The summed E-state index contributed by atoms with van der Waals surface area (Å²) in [5.74, 6) is -0.0314. The molecule has 42 heavy (non-hydrogen) atoms. The molecule has 4 aromatic rings. The van der Waals surface area contributed by atoms with Gasteiger partial charge in [-0.25, -0.2) is 19.3 Å². The van der Waals surface area contributed by atoms with Crippen molar-refractivity contribution in [1.82, 2.24) is 19.9 Å². The van der Waals surface area contributed by atoms with E-state index in [0.717, 1.165) is 5.56 Å². The average molecular weight is 573 g/mol. The number of Topliss-reactive ketones (excluding diaryl/α,β-unsaturated/α-hetero) is 1. The maximum Gasteiger partial charge on any atom is 0.223 e. The Morgan fingerprint density at radius 1 is 1.12 bits per heavy atom. The molecule has 0 radical (unpaired) electrons. The first-order valence-electron chi connectivity index (χ1n) is 13.7. The van der Waals surface area contributed by atoms with Gasteiger partial charge in [0.15, 0.2) is 11.6 Å². The second-order valence-electron chi connectivity index (χ2n) is 10.8. The predicted molar refractivity (Wildman–Crippen MR) is 155 cm³/mol. The maximum atomic E-state index is 13.7.